The molecule has 4 unspecified atom stereocenters. The van der Waals surface area contributed by atoms with Crippen LogP contribution in [0, 0.1) is 5.41 Å². The summed E-state index contributed by atoms with van der Waals surface area (Å²) in [7, 11) is -4.32. The fraction of sp³-hybridized carbons (Fsp3) is 0.500. The molecule has 0 fully saturated rings. The van der Waals surface area contributed by atoms with E-state index in [4.69, 9.17) is 15.7 Å². The lowest BCUT2D eigenvalue weighted by atomic mass is 9.92. The second-order valence-electron chi connectivity index (χ2n) is 10.4. The standard InChI is InChI=1S/C26H39N3O6S/c1-19(30)26(28,17-21-13-9-6-10-14-21)29(24(32)35-36(33,34)18-25(2,3)4)23(27)22(31)16-15-20-11-7-5-8-12-20/h5-14,19,22-23,30-31H,15-18,27-28H2,1-4H3. The number of carbonyl (C=O) groups excluding carboxylic acids is 1. The van der Waals surface area contributed by atoms with Gasteiger partial charge in [-0.25, -0.2) is 4.79 Å². The first-order valence-corrected chi connectivity index (χ1v) is 13.5. The molecule has 0 bridgehead atoms. The van der Waals surface area contributed by atoms with Gasteiger partial charge in [-0.2, -0.15) is 8.42 Å². The van der Waals surface area contributed by atoms with Crippen molar-refractivity contribution in [2.75, 3.05) is 5.75 Å². The molecule has 9 nitrogen and oxygen atoms in total. The molecule has 0 spiro atoms. The second kappa shape index (κ2) is 12.2. The van der Waals surface area contributed by atoms with Gasteiger partial charge in [0, 0.05) is 6.42 Å². The van der Waals surface area contributed by atoms with Crippen LogP contribution >= 0.6 is 0 Å². The average molecular weight is 522 g/mol. The van der Waals surface area contributed by atoms with E-state index in [1.807, 2.05) is 30.3 Å². The van der Waals surface area contributed by atoms with Crippen LogP contribution in [-0.4, -0.2) is 59.4 Å². The van der Waals surface area contributed by atoms with Crippen LogP contribution in [0.2, 0.25) is 0 Å². The molecule has 0 heterocycles. The van der Waals surface area contributed by atoms with Crippen LogP contribution in [0.25, 0.3) is 0 Å². The number of benzene rings is 2. The molecule has 2 aromatic carbocycles. The van der Waals surface area contributed by atoms with Crippen LogP contribution in [0.3, 0.4) is 0 Å². The number of carbonyl (C=O) groups is 1. The Balaban J connectivity index is 2.41. The predicted octanol–water partition coefficient (Wildman–Crippen LogP) is 2.36. The Morgan fingerprint density at radius 2 is 1.50 bits per heavy atom. The number of aryl methyl sites for hydroxylation is 1. The van der Waals surface area contributed by atoms with E-state index in [9.17, 15) is 23.4 Å². The van der Waals surface area contributed by atoms with Crippen molar-refractivity contribution >= 4 is 16.2 Å². The summed E-state index contributed by atoms with van der Waals surface area (Å²) in [5.41, 5.74) is 12.0. The SMILES string of the molecule is CC(O)C(N)(Cc1ccccc1)N(C(=O)OS(=O)(=O)CC(C)(C)C)C(N)C(O)CCc1ccccc1. The van der Waals surface area contributed by atoms with E-state index < -0.39 is 51.4 Å². The summed E-state index contributed by atoms with van der Waals surface area (Å²) >= 11 is 0. The quantitative estimate of drug-likeness (QED) is 0.259. The zero-order chi connectivity index (χ0) is 27.1. The summed E-state index contributed by atoms with van der Waals surface area (Å²) in [6.07, 6.45) is -4.93. The van der Waals surface area contributed by atoms with E-state index in [1.165, 1.54) is 6.92 Å². The number of amides is 1. The summed E-state index contributed by atoms with van der Waals surface area (Å²) in [6.45, 7) is 6.44. The molecule has 2 aromatic rings. The number of hydrogen-bond donors (Lipinski definition) is 4. The molecule has 200 valence electrons. The number of nitrogens with zero attached hydrogens (tertiary/aromatic N) is 1. The molecule has 0 saturated carbocycles. The fourth-order valence-corrected chi connectivity index (χ4v) is 5.35. The first kappa shape index (κ1) is 29.7. The average Bonchev–Trinajstić information content (AvgIpc) is 2.76. The molecule has 0 aliphatic heterocycles. The molecule has 6 N–H and O–H groups in total. The van der Waals surface area contributed by atoms with Gasteiger partial charge in [-0.1, -0.05) is 81.4 Å². The lowest BCUT2D eigenvalue weighted by Crippen LogP contribution is -2.72. The third-order valence-electron chi connectivity index (χ3n) is 5.77. The van der Waals surface area contributed by atoms with Gasteiger partial charge in [0.25, 0.3) is 0 Å². The number of aliphatic hydroxyl groups excluding tert-OH is 2. The van der Waals surface area contributed by atoms with Crippen molar-refractivity contribution in [3.63, 3.8) is 0 Å². The maximum atomic E-state index is 13.3. The van der Waals surface area contributed by atoms with Crippen molar-refractivity contribution < 1.29 is 27.6 Å². The van der Waals surface area contributed by atoms with E-state index in [0.29, 0.717) is 12.0 Å². The topological polar surface area (TPSA) is 156 Å². The number of rotatable bonds is 11. The first-order chi connectivity index (χ1) is 16.6. The summed E-state index contributed by atoms with van der Waals surface area (Å²) in [5, 5.41) is 21.6. The number of aliphatic hydroxyl groups is 2. The minimum Gasteiger partial charge on any atom is -0.390 e. The lowest BCUT2D eigenvalue weighted by molar-refractivity contribution is -0.0572. The molecule has 0 saturated heterocycles. The van der Waals surface area contributed by atoms with Crippen LogP contribution in [0.15, 0.2) is 60.7 Å². The van der Waals surface area contributed by atoms with Crippen LogP contribution in [0.4, 0.5) is 4.79 Å². The van der Waals surface area contributed by atoms with Crippen molar-refractivity contribution in [2.24, 2.45) is 16.9 Å². The highest BCUT2D eigenvalue weighted by atomic mass is 32.2. The maximum absolute atomic E-state index is 13.3. The molecule has 0 aromatic heterocycles. The highest BCUT2D eigenvalue weighted by Gasteiger charge is 2.47. The van der Waals surface area contributed by atoms with Crippen LogP contribution in [0.5, 0.6) is 0 Å². The molecule has 36 heavy (non-hydrogen) atoms. The van der Waals surface area contributed by atoms with E-state index in [2.05, 4.69) is 0 Å². The van der Waals surface area contributed by atoms with E-state index >= 15 is 0 Å². The number of hydrogen-bond acceptors (Lipinski definition) is 8. The highest BCUT2D eigenvalue weighted by molar-refractivity contribution is 7.87. The molecule has 0 radical (unpaired) electrons. The second-order valence-corrected chi connectivity index (χ2v) is 12.0. The Morgan fingerprint density at radius 3 is 1.97 bits per heavy atom. The monoisotopic (exact) mass is 521 g/mol. The maximum Gasteiger partial charge on any atom is 0.428 e. The third-order valence-corrected chi connectivity index (χ3v) is 7.39. The van der Waals surface area contributed by atoms with Gasteiger partial charge in [0.15, 0.2) is 0 Å². The zero-order valence-electron chi connectivity index (χ0n) is 21.4. The zero-order valence-corrected chi connectivity index (χ0v) is 22.2. The van der Waals surface area contributed by atoms with Crippen molar-refractivity contribution in [2.45, 2.75) is 71.0 Å². The molecule has 1 amide bonds. The molecular weight excluding hydrogens is 482 g/mol. The van der Waals surface area contributed by atoms with Crippen LogP contribution in [0.1, 0.15) is 45.2 Å². The minimum absolute atomic E-state index is 0.0704. The predicted molar refractivity (Wildman–Crippen MR) is 139 cm³/mol. The highest BCUT2D eigenvalue weighted by Crippen LogP contribution is 2.26. The smallest absolute Gasteiger partial charge is 0.390 e. The van der Waals surface area contributed by atoms with Gasteiger partial charge >= 0.3 is 16.2 Å². The summed E-state index contributed by atoms with van der Waals surface area (Å²) in [4.78, 5) is 14.1. The van der Waals surface area contributed by atoms with E-state index in [1.54, 1.807) is 51.1 Å². The Kier molecular flexibility index (Phi) is 10.0. The molecule has 2 rings (SSSR count). The van der Waals surface area contributed by atoms with Crippen LogP contribution < -0.4 is 11.5 Å². The van der Waals surface area contributed by atoms with Gasteiger partial charge in [-0.05, 0) is 36.3 Å². The van der Waals surface area contributed by atoms with Gasteiger partial charge in [0.2, 0.25) is 0 Å². The molecule has 0 aliphatic carbocycles. The minimum atomic E-state index is -4.32. The Bertz CT molecular complexity index is 1070. The first-order valence-electron chi connectivity index (χ1n) is 11.9. The van der Waals surface area contributed by atoms with Crippen molar-refractivity contribution in [3.05, 3.63) is 71.8 Å². The van der Waals surface area contributed by atoms with Crippen molar-refractivity contribution in [1.82, 2.24) is 4.90 Å². The van der Waals surface area contributed by atoms with Gasteiger partial charge < -0.3 is 25.9 Å². The van der Waals surface area contributed by atoms with Crippen molar-refractivity contribution in [3.8, 4) is 0 Å². The molecule has 0 aliphatic rings. The summed E-state index contributed by atoms with van der Waals surface area (Å²) < 4.78 is 30.2. The molecule has 10 heteroatoms. The van der Waals surface area contributed by atoms with Gasteiger partial charge in [-0.15, -0.1) is 0 Å². The Labute approximate surface area is 214 Å². The molecule has 4 atom stereocenters. The largest absolute Gasteiger partial charge is 0.428 e. The fourth-order valence-electron chi connectivity index (χ4n) is 3.94. The van der Waals surface area contributed by atoms with Gasteiger partial charge in [0.1, 0.15) is 11.8 Å². The number of nitrogens with two attached hydrogens (primary N) is 2. The van der Waals surface area contributed by atoms with E-state index in [0.717, 1.165) is 10.5 Å². The van der Waals surface area contributed by atoms with Gasteiger partial charge in [0.05, 0.1) is 18.0 Å². The Hall–Kier alpha value is -2.50. The third kappa shape index (κ3) is 8.56. The van der Waals surface area contributed by atoms with Gasteiger partial charge in [-0.3, -0.25) is 4.90 Å². The normalized spacial score (nSPS) is 16.4. The Morgan fingerprint density at radius 1 is 1.00 bits per heavy atom. The van der Waals surface area contributed by atoms with E-state index in [-0.39, 0.29) is 12.8 Å². The molecular formula is C26H39N3O6S. The van der Waals surface area contributed by atoms with Crippen molar-refractivity contribution in [1.29, 1.82) is 0 Å². The van der Waals surface area contributed by atoms with Crippen LogP contribution in [-0.2, 0) is 27.1 Å². The summed E-state index contributed by atoms with van der Waals surface area (Å²) in [5.74, 6) is -0.434. The lowest BCUT2D eigenvalue weighted by Gasteiger charge is -2.46. The summed E-state index contributed by atoms with van der Waals surface area (Å²) in [6, 6.07) is 18.2.